The maximum Gasteiger partial charge on any atom is 0.0462 e. The van der Waals surface area contributed by atoms with Crippen LogP contribution in [0.15, 0.2) is 109 Å². The van der Waals surface area contributed by atoms with Gasteiger partial charge in [0.25, 0.3) is 0 Å². The fourth-order valence-corrected chi connectivity index (χ4v) is 9.81. The molecule has 1 aliphatic carbocycles. The molecule has 0 spiro atoms. The highest BCUT2D eigenvalue weighted by Gasteiger charge is 2.40. The van der Waals surface area contributed by atoms with Crippen molar-refractivity contribution in [3.05, 3.63) is 137 Å². The summed E-state index contributed by atoms with van der Waals surface area (Å²) in [4.78, 5) is 2.44. The Labute approximate surface area is 367 Å². The maximum absolute atomic E-state index is 2.61. The van der Waals surface area contributed by atoms with Gasteiger partial charge in [0.1, 0.15) is 0 Å². The van der Waals surface area contributed by atoms with Crippen LogP contribution in [0, 0.1) is 5.92 Å². The number of aryl methyl sites for hydroxylation is 1. The molecule has 0 aliphatic heterocycles. The molecule has 1 nitrogen and oxygen atoms in total. The van der Waals surface area contributed by atoms with Crippen molar-refractivity contribution in [3.63, 3.8) is 0 Å². The van der Waals surface area contributed by atoms with E-state index in [9.17, 15) is 0 Å². The number of anilines is 3. The summed E-state index contributed by atoms with van der Waals surface area (Å²) in [7, 11) is 0. The molecular weight excluding hydrogens is 723 g/mol. The van der Waals surface area contributed by atoms with E-state index in [0.29, 0.717) is 5.92 Å². The molecule has 0 amide bonds. The second kappa shape index (κ2) is 20.2. The molecule has 1 unspecified atom stereocenters. The van der Waals surface area contributed by atoms with Crippen LogP contribution in [0.4, 0.5) is 17.1 Å². The summed E-state index contributed by atoms with van der Waals surface area (Å²) in [6.45, 7) is 23.8. The Morgan fingerprint density at radius 2 is 1.00 bits per heavy atom. The van der Waals surface area contributed by atoms with Gasteiger partial charge in [0.15, 0.2) is 0 Å². The minimum atomic E-state index is -0.00216. The summed E-state index contributed by atoms with van der Waals surface area (Å²) in [5.74, 6) is 0.714. The molecule has 60 heavy (non-hydrogen) atoms. The highest BCUT2D eigenvalue weighted by atomic mass is 15.1. The smallest absolute Gasteiger partial charge is 0.0462 e. The van der Waals surface area contributed by atoms with Crippen molar-refractivity contribution in [2.24, 2.45) is 5.92 Å². The van der Waals surface area contributed by atoms with E-state index < -0.39 is 0 Å². The maximum atomic E-state index is 2.61. The van der Waals surface area contributed by atoms with Crippen molar-refractivity contribution in [2.45, 2.75) is 182 Å². The van der Waals surface area contributed by atoms with E-state index in [1.807, 2.05) is 0 Å². The van der Waals surface area contributed by atoms with E-state index in [4.69, 9.17) is 0 Å². The number of hydrogen-bond donors (Lipinski definition) is 0. The van der Waals surface area contributed by atoms with Gasteiger partial charge in [0.05, 0.1) is 0 Å². The molecule has 0 saturated carbocycles. The zero-order valence-electron chi connectivity index (χ0n) is 39.5. The molecule has 0 saturated heterocycles. The molecule has 1 atom stereocenters. The second-order valence-electron chi connectivity index (χ2n) is 20.4. The van der Waals surface area contributed by atoms with Crippen LogP contribution in [0.2, 0.25) is 0 Å². The molecule has 0 heterocycles. The number of benzene rings is 5. The second-order valence-corrected chi connectivity index (χ2v) is 20.4. The standard InChI is InChI=1S/C59H79N/c1-11-14-17-18-19-20-40-59(10)55-42-47(26-36-53(55)54-37-29-49(43-56(54)59)57(6,7)39-16-13-3)46-24-32-51(33-25-46)60(50-30-22-45(23-31-50)21-15-12-2)52-34-27-48(28-35-52)58(8,9)41-38-44(4)5/h22-37,42-44H,11-21,38-41H2,1-10H3. The van der Waals surface area contributed by atoms with Crippen LogP contribution in [0.3, 0.4) is 0 Å². The first-order chi connectivity index (χ1) is 28.8. The molecule has 320 valence electrons. The molecule has 0 fully saturated rings. The minimum Gasteiger partial charge on any atom is -0.311 e. The van der Waals surface area contributed by atoms with Crippen LogP contribution < -0.4 is 4.90 Å². The lowest BCUT2D eigenvalue weighted by atomic mass is 9.73. The van der Waals surface area contributed by atoms with Gasteiger partial charge in [0.2, 0.25) is 0 Å². The molecule has 5 aromatic carbocycles. The highest BCUT2D eigenvalue weighted by molar-refractivity contribution is 5.85. The fourth-order valence-electron chi connectivity index (χ4n) is 9.81. The zero-order valence-corrected chi connectivity index (χ0v) is 39.5. The van der Waals surface area contributed by atoms with Gasteiger partial charge < -0.3 is 4.90 Å². The van der Waals surface area contributed by atoms with Crippen LogP contribution in [0.25, 0.3) is 22.3 Å². The average molecular weight is 802 g/mol. The Bertz CT molecular complexity index is 2100. The van der Waals surface area contributed by atoms with Gasteiger partial charge >= 0.3 is 0 Å². The number of rotatable bonds is 22. The van der Waals surface area contributed by atoms with Crippen molar-refractivity contribution in [2.75, 3.05) is 4.90 Å². The van der Waals surface area contributed by atoms with Crippen molar-refractivity contribution >= 4 is 17.1 Å². The van der Waals surface area contributed by atoms with Gasteiger partial charge in [-0.25, -0.2) is 0 Å². The fraction of sp³-hybridized carbons (Fsp3) is 0.492. The van der Waals surface area contributed by atoms with Crippen molar-refractivity contribution < 1.29 is 0 Å². The molecule has 1 aliphatic rings. The first-order valence-corrected chi connectivity index (χ1v) is 24.2. The molecule has 5 aromatic rings. The van der Waals surface area contributed by atoms with E-state index in [1.165, 1.54) is 151 Å². The highest BCUT2D eigenvalue weighted by Crippen LogP contribution is 2.53. The summed E-state index contributed by atoms with van der Waals surface area (Å²) in [6, 6.07) is 43.0. The molecule has 6 rings (SSSR count). The monoisotopic (exact) mass is 802 g/mol. The number of nitrogens with zero attached hydrogens (tertiary/aromatic N) is 1. The normalized spacial score (nSPS) is 15.1. The summed E-state index contributed by atoms with van der Waals surface area (Å²) in [6.07, 6.45) is 18.9. The third-order valence-electron chi connectivity index (χ3n) is 14.2. The molecule has 0 aromatic heterocycles. The van der Waals surface area contributed by atoms with Crippen LogP contribution in [-0.4, -0.2) is 0 Å². The van der Waals surface area contributed by atoms with Crippen molar-refractivity contribution in [1.29, 1.82) is 0 Å². The van der Waals surface area contributed by atoms with Crippen molar-refractivity contribution in [1.82, 2.24) is 0 Å². The van der Waals surface area contributed by atoms with E-state index in [2.05, 4.69) is 183 Å². The Morgan fingerprint density at radius 1 is 0.500 bits per heavy atom. The van der Waals surface area contributed by atoms with E-state index in [-0.39, 0.29) is 16.2 Å². The average Bonchev–Trinajstić information content (AvgIpc) is 3.50. The molecule has 0 radical (unpaired) electrons. The first-order valence-electron chi connectivity index (χ1n) is 24.2. The van der Waals surface area contributed by atoms with Gasteiger partial charge in [-0.3, -0.25) is 0 Å². The Balaban J connectivity index is 1.34. The Hall–Kier alpha value is -4.10. The third kappa shape index (κ3) is 10.5. The minimum absolute atomic E-state index is 0.00216. The van der Waals surface area contributed by atoms with Gasteiger partial charge in [-0.05, 0) is 141 Å². The van der Waals surface area contributed by atoms with E-state index >= 15 is 0 Å². The quantitative estimate of drug-likeness (QED) is 0.0630. The lowest BCUT2D eigenvalue weighted by molar-refractivity contribution is 0.415. The van der Waals surface area contributed by atoms with E-state index in [0.717, 1.165) is 6.42 Å². The largest absolute Gasteiger partial charge is 0.311 e. The SMILES string of the molecule is CCCCCCCCC1(C)c2cc(-c3ccc(N(c4ccc(CCCC)cc4)c4ccc(C(C)(C)CCC(C)C)cc4)cc3)ccc2-c2ccc(C(C)(C)CCCC)cc21. The summed E-state index contributed by atoms with van der Waals surface area (Å²) >= 11 is 0. The van der Waals surface area contributed by atoms with Gasteiger partial charge in [-0.15, -0.1) is 0 Å². The van der Waals surface area contributed by atoms with Crippen LogP contribution in [0.1, 0.15) is 187 Å². The Kier molecular flexibility index (Phi) is 15.3. The number of unbranched alkanes of at least 4 members (excludes halogenated alkanes) is 7. The summed E-state index contributed by atoms with van der Waals surface area (Å²) < 4.78 is 0. The molecule has 0 bridgehead atoms. The predicted molar refractivity (Wildman–Crippen MR) is 265 cm³/mol. The molecular formula is C59H79N. The van der Waals surface area contributed by atoms with Gasteiger partial charge in [-0.1, -0.05) is 200 Å². The molecule has 1 heteroatoms. The van der Waals surface area contributed by atoms with Crippen LogP contribution in [-0.2, 0) is 22.7 Å². The van der Waals surface area contributed by atoms with E-state index in [1.54, 1.807) is 5.56 Å². The summed E-state index contributed by atoms with van der Waals surface area (Å²) in [5, 5.41) is 0. The first kappa shape index (κ1) is 45.4. The van der Waals surface area contributed by atoms with Gasteiger partial charge in [-0.2, -0.15) is 0 Å². The predicted octanol–water partition coefficient (Wildman–Crippen LogP) is 18.4. The van der Waals surface area contributed by atoms with Crippen molar-refractivity contribution in [3.8, 4) is 22.3 Å². The number of fused-ring (bicyclic) bond motifs is 3. The van der Waals surface area contributed by atoms with Crippen LogP contribution >= 0.6 is 0 Å². The van der Waals surface area contributed by atoms with Crippen LogP contribution in [0.5, 0.6) is 0 Å². The van der Waals surface area contributed by atoms with Gasteiger partial charge in [0, 0.05) is 22.5 Å². The lowest BCUT2D eigenvalue weighted by Gasteiger charge is -2.31. The molecule has 0 N–H and O–H groups in total. The zero-order chi connectivity index (χ0) is 42.9. The summed E-state index contributed by atoms with van der Waals surface area (Å²) in [5.41, 5.74) is 16.7. The Morgan fingerprint density at radius 3 is 1.62 bits per heavy atom. The lowest BCUT2D eigenvalue weighted by Crippen LogP contribution is -2.23. The topological polar surface area (TPSA) is 3.24 Å². The number of hydrogen-bond acceptors (Lipinski definition) is 1. The third-order valence-corrected chi connectivity index (χ3v) is 14.2.